The van der Waals surface area contributed by atoms with E-state index in [1.54, 1.807) is 0 Å². The number of sulfone groups is 1. The maximum atomic E-state index is 11.4. The Morgan fingerprint density at radius 1 is 1.50 bits per heavy atom. The van der Waals surface area contributed by atoms with Crippen molar-refractivity contribution in [1.29, 1.82) is 0 Å². The third-order valence-corrected chi connectivity index (χ3v) is 4.92. The fourth-order valence-corrected chi connectivity index (χ4v) is 4.31. The molecule has 0 aromatic carbocycles. The van der Waals surface area contributed by atoms with Crippen LogP contribution in [-0.4, -0.2) is 48.2 Å². The largest absolute Gasteiger partial charge is 0.481 e. The van der Waals surface area contributed by atoms with Gasteiger partial charge in [-0.2, -0.15) is 0 Å². The number of carboxylic acids is 1. The minimum atomic E-state index is -2.96. The number of thiocarbonyl (C=S) groups is 1. The molecule has 0 aliphatic carbocycles. The molecule has 3 N–H and O–H groups in total. The molecule has 1 atom stereocenters. The molecule has 0 aromatic heterocycles. The predicted octanol–water partition coefficient (Wildman–Crippen LogP) is -0.107. The Balaban J connectivity index is 2.30. The summed E-state index contributed by atoms with van der Waals surface area (Å²) >= 11 is 5.05. The number of hydrogen-bond donors (Lipinski definition) is 3. The van der Waals surface area contributed by atoms with Gasteiger partial charge in [-0.05, 0) is 32.0 Å². The predicted molar refractivity (Wildman–Crippen MR) is 72.3 cm³/mol. The molecule has 0 aromatic rings. The summed E-state index contributed by atoms with van der Waals surface area (Å²) in [7, 11) is -2.96. The van der Waals surface area contributed by atoms with Crippen molar-refractivity contribution in [1.82, 2.24) is 10.6 Å². The van der Waals surface area contributed by atoms with E-state index in [0.29, 0.717) is 24.5 Å². The van der Waals surface area contributed by atoms with Gasteiger partial charge in [-0.1, -0.05) is 0 Å². The highest BCUT2D eigenvalue weighted by Crippen LogP contribution is 2.22. The first-order valence-electron chi connectivity index (χ1n) is 5.71. The van der Waals surface area contributed by atoms with Crippen molar-refractivity contribution in [3.63, 3.8) is 0 Å². The van der Waals surface area contributed by atoms with E-state index in [0.717, 1.165) is 0 Å². The van der Waals surface area contributed by atoms with Crippen molar-refractivity contribution in [2.75, 3.05) is 18.1 Å². The molecule has 8 heteroatoms. The average molecular weight is 294 g/mol. The first-order valence-corrected chi connectivity index (χ1v) is 7.94. The summed E-state index contributed by atoms with van der Waals surface area (Å²) < 4.78 is 22.8. The maximum Gasteiger partial charge on any atom is 0.303 e. The SMILES string of the molecule is C[C@]1(NC(=S)NCCCC(=O)O)CCS(=O)(=O)C1. The van der Waals surface area contributed by atoms with Crippen LogP contribution < -0.4 is 10.6 Å². The van der Waals surface area contributed by atoms with Crippen LogP contribution in [0.3, 0.4) is 0 Å². The molecule has 0 amide bonds. The molecule has 1 rings (SSSR count). The number of rotatable bonds is 5. The van der Waals surface area contributed by atoms with E-state index >= 15 is 0 Å². The van der Waals surface area contributed by atoms with Gasteiger partial charge >= 0.3 is 5.97 Å². The Hall–Kier alpha value is -0.890. The molecular formula is C10H18N2O4S2. The van der Waals surface area contributed by atoms with Crippen molar-refractivity contribution < 1.29 is 18.3 Å². The zero-order valence-corrected chi connectivity index (χ0v) is 11.9. The topological polar surface area (TPSA) is 95.5 Å². The number of hydrogen-bond acceptors (Lipinski definition) is 4. The second-order valence-electron chi connectivity index (χ2n) is 4.78. The fraction of sp³-hybridized carbons (Fsp3) is 0.800. The third-order valence-electron chi connectivity index (χ3n) is 2.77. The van der Waals surface area contributed by atoms with Crippen LogP contribution in [0.25, 0.3) is 0 Å². The zero-order valence-electron chi connectivity index (χ0n) is 10.2. The second kappa shape index (κ2) is 5.83. The van der Waals surface area contributed by atoms with Gasteiger partial charge in [0.05, 0.1) is 17.0 Å². The Labute approximate surface area is 112 Å². The molecular weight excluding hydrogens is 276 g/mol. The summed E-state index contributed by atoms with van der Waals surface area (Å²) in [5.74, 6) is -0.584. The zero-order chi connectivity index (χ0) is 13.8. The third kappa shape index (κ3) is 5.18. The summed E-state index contributed by atoms with van der Waals surface area (Å²) in [6.07, 6.45) is 1.10. The van der Waals surface area contributed by atoms with Crippen molar-refractivity contribution in [3.05, 3.63) is 0 Å². The molecule has 0 radical (unpaired) electrons. The minimum absolute atomic E-state index is 0.0803. The summed E-state index contributed by atoms with van der Waals surface area (Å²) in [5.41, 5.74) is -0.518. The standard InChI is InChI=1S/C10H18N2O4S2/c1-10(4-6-18(15,16)7-10)12-9(17)11-5-2-3-8(13)14/h2-7H2,1H3,(H,13,14)(H2,11,12,17)/t10-/m0/s1. The lowest BCUT2D eigenvalue weighted by Gasteiger charge is -2.25. The molecule has 104 valence electrons. The van der Waals surface area contributed by atoms with Crippen molar-refractivity contribution in [3.8, 4) is 0 Å². The van der Waals surface area contributed by atoms with Crippen LogP contribution in [0, 0.1) is 0 Å². The minimum Gasteiger partial charge on any atom is -0.481 e. The van der Waals surface area contributed by atoms with Gasteiger partial charge in [0, 0.05) is 13.0 Å². The second-order valence-corrected chi connectivity index (χ2v) is 7.37. The summed E-state index contributed by atoms with van der Waals surface area (Å²) in [5, 5.41) is 14.7. The van der Waals surface area contributed by atoms with Gasteiger partial charge in [0.15, 0.2) is 14.9 Å². The highest BCUT2D eigenvalue weighted by atomic mass is 32.2. The average Bonchev–Trinajstić information content (AvgIpc) is 2.47. The smallest absolute Gasteiger partial charge is 0.303 e. The lowest BCUT2D eigenvalue weighted by atomic mass is 10.0. The molecule has 1 saturated heterocycles. The number of aliphatic carboxylic acids is 1. The van der Waals surface area contributed by atoms with E-state index < -0.39 is 21.3 Å². The van der Waals surface area contributed by atoms with E-state index in [2.05, 4.69) is 10.6 Å². The van der Waals surface area contributed by atoms with Crippen molar-refractivity contribution in [2.24, 2.45) is 0 Å². The van der Waals surface area contributed by atoms with Crippen LogP contribution in [0.5, 0.6) is 0 Å². The normalized spacial score (nSPS) is 25.6. The van der Waals surface area contributed by atoms with E-state index in [9.17, 15) is 13.2 Å². The summed E-state index contributed by atoms with van der Waals surface area (Å²) in [6, 6.07) is 0. The molecule has 0 bridgehead atoms. The van der Waals surface area contributed by atoms with Gasteiger partial charge in [0.25, 0.3) is 0 Å². The van der Waals surface area contributed by atoms with Crippen LogP contribution >= 0.6 is 12.2 Å². The molecule has 1 heterocycles. The Morgan fingerprint density at radius 2 is 2.17 bits per heavy atom. The first kappa shape index (κ1) is 15.2. The molecule has 0 unspecified atom stereocenters. The van der Waals surface area contributed by atoms with E-state index in [1.165, 1.54) is 0 Å². The van der Waals surface area contributed by atoms with E-state index in [1.807, 2.05) is 6.92 Å². The van der Waals surface area contributed by atoms with Gasteiger partial charge in [-0.15, -0.1) is 0 Å². The number of carbonyl (C=O) groups is 1. The molecule has 0 saturated carbocycles. The van der Waals surface area contributed by atoms with Crippen molar-refractivity contribution >= 4 is 33.1 Å². The van der Waals surface area contributed by atoms with Crippen LogP contribution in [-0.2, 0) is 14.6 Å². The van der Waals surface area contributed by atoms with Gasteiger partial charge in [-0.3, -0.25) is 4.79 Å². The van der Waals surface area contributed by atoms with Crippen LogP contribution in [0.1, 0.15) is 26.2 Å². The molecule has 1 aliphatic rings. The highest BCUT2D eigenvalue weighted by molar-refractivity contribution is 7.91. The van der Waals surface area contributed by atoms with Gasteiger partial charge in [-0.25, -0.2) is 8.42 Å². The van der Waals surface area contributed by atoms with Crippen molar-refractivity contribution in [2.45, 2.75) is 31.7 Å². The summed E-state index contributed by atoms with van der Waals surface area (Å²) in [6.45, 7) is 2.28. The Kier molecular flexibility index (Phi) is 4.92. The van der Waals surface area contributed by atoms with Crippen LogP contribution in [0.2, 0.25) is 0 Å². The van der Waals surface area contributed by atoms with Crippen LogP contribution in [0.15, 0.2) is 0 Å². The Morgan fingerprint density at radius 3 is 2.67 bits per heavy atom. The van der Waals surface area contributed by atoms with Gasteiger partial charge in [0.1, 0.15) is 0 Å². The van der Waals surface area contributed by atoms with Gasteiger partial charge in [0.2, 0.25) is 0 Å². The first-order chi connectivity index (χ1) is 8.22. The van der Waals surface area contributed by atoms with E-state index in [-0.39, 0.29) is 17.9 Å². The monoisotopic (exact) mass is 294 g/mol. The van der Waals surface area contributed by atoms with E-state index in [4.69, 9.17) is 17.3 Å². The molecule has 1 fully saturated rings. The molecule has 0 spiro atoms. The Bertz CT molecular complexity index is 435. The quantitative estimate of drug-likeness (QED) is 0.481. The maximum absolute atomic E-state index is 11.4. The van der Waals surface area contributed by atoms with Crippen LogP contribution in [0.4, 0.5) is 0 Å². The lowest BCUT2D eigenvalue weighted by Crippen LogP contribution is -2.51. The molecule has 6 nitrogen and oxygen atoms in total. The van der Waals surface area contributed by atoms with Gasteiger partial charge < -0.3 is 15.7 Å². The number of carboxylic acid groups (broad SMARTS) is 1. The number of nitrogens with one attached hydrogen (secondary N) is 2. The molecule has 1 aliphatic heterocycles. The highest BCUT2D eigenvalue weighted by Gasteiger charge is 2.38. The lowest BCUT2D eigenvalue weighted by molar-refractivity contribution is -0.137. The fourth-order valence-electron chi connectivity index (χ4n) is 1.87. The summed E-state index contributed by atoms with van der Waals surface area (Å²) in [4.78, 5) is 10.3. The molecule has 18 heavy (non-hydrogen) atoms.